The van der Waals surface area contributed by atoms with Crippen LogP contribution in [-0.2, 0) is 6.54 Å². The molecule has 0 aliphatic carbocycles. The monoisotopic (exact) mass is 288 g/mol. The molecule has 100 valence electrons. The molecule has 20 heavy (non-hydrogen) atoms. The number of hydrogen-bond donors (Lipinski definition) is 0. The van der Waals surface area contributed by atoms with Gasteiger partial charge < -0.3 is 0 Å². The molecule has 0 radical (unpaired) electrons. The number of non-ortho nitro benzene ring substituents is 1. The Morgan fingerprint density at radius 2 is 2.15 bits per heavy atom. The van der Waals surface area contributed by atoms with Crippen LogP contribution >= 0.6 is 11.6 Å². The number of rotatable bonds is 3. The van der Waals surface area contributed by atoms with Crippen molar-refractivity contribution in [2.24, 2.45) is 0 Å². The molecular formula is C13H9ClN4O2. The maximum absolute atomic E-state index is 10.8. The van der Waals surface area contributed by atoms with Gasteiger partial charge in [0.2, 0.25) is 0 Å². The van der Waals surface area contributed by atoms with E-state index in [-0.39, 0.29) is 5.69 Å². The smallest absolute Gasteiger partial charge is 0.260 e. The van der Waals surface area contributed by atoms with Gasteiger partial charge in [0.1, 0.15) is 5.15 Å². The predicted octanol–water partition coefficient (Wildman–Crippen LogP) is 3.04. The van der Waals surface area contributed by atoms with Crippen LogP contribution in [0.5, 0.6) is 0 Å². The van der Waals surface area contributed by atoms with Crippen molar-refractivity contribution < 1.29 is 4.92 Å². The molecule has 3 aromatic rings. The Hall–Kier alpha value is -2.47. The fourth-order valence-electron chi connectivity index (χ4n) is 2.02. The summed E-state index contributed by atoms with van der Waals surface area (Å²) in [7, 11) is 0. The topological polar surface area (TPSA) is 73.8 Å². The second-order valence-electron chi connectivity index (χ2n) is 4.30. The van der Waals surface area contributed by atoms with E-state index in [0.29, 0.717) is 11.7 Å². The molecule has 0 spiro atoms. The van der Waals surface area contributed by atoms with E-state index in [9.17, 15) is 10.1 Å². The number of aromatic nitrogens is 3. The molecule has 0 fully saturated rings. The fourth-order valence-corrected chi connectivity index (χ4v) is 2.17. The largest absolute Gasteiger partial charge is 0.269 e. The number of nitro benzene ring substituents is 1. The van der Waals surface area contributed by atoms with E-state index in [1.807, 2.05) is 6.07 Å². The van der Waals surface area contributed by atoms with Crippen LogP contribution in [0.4, 0.5) is 5.69 Å². The van der Waals surface area contributed by atoms with Crippen LogP contribution in [0, 0.1) is 10.1 Å². The summed E-state index contributed by atoms with van der Waals surface area (Å²) in [6.45, 7) is 0.436. The van der Waals surface area contributed by atoms with E-state index in [4.69, 9.17) is 11.6 Å². The molecular weight excluding hydrogens is 280 g/mol. The van der Waals surface area contributed by atoms with Crippen LogP contribution in [0.15, 0.2) is 42.7 Å². The Kier molecular flexibility index (Phi) is 3.08. The van der Waals surface area contributed by atoms with Gasteiger partial charge in [0, 0.05) is 29.8 Å². The Balaban J connectivity index is 1.99. The van der Waals surface area contributed by atoms with E-state index in [1.54, 1.807) is 29.2 Å². The van der Waals surface area contributed by atoms with Gasteiger partial charge in [-0.1, -0.05) is 23.7 Å². The highest BCUT2D eigenvalue weighted by Gasteiger charge is 2.08. The van der Waals surface area contributed by atoms with Crippen LogP contribution in [0.3, 0.4) is 0 Å². The third-order valence-electron chi connectivity index (χ3n) is 2.95. The highest BCUT2D eigenvalue weighted by molar-refractivity contribution is 6.29. The van der Waals surface area contributed by atoms with Crippen molar-refractivity contribution in [1.29, 1.82) is 0 Å². The van der Waals surface area contributed by atoms with Gasteiger partial charge in [-0.05, 0) is 5.56 Å². The van der Waals surface area contributed by atoms with E-state index in [0.717, 1.165) is 16.5 Å². The second-order valence-corrected chi connectivity index (χ2v) is 4.68. The molecule has 0 amide bonds. The summed E-state index contributed by atoms with van der Waals surface area (Å²) >= 11 is 5.88. The third kappa shape index (κ3) is 2.33. The number of pyridine rings is 1. The van der Waals surface area contributed by atoms with Crippen LogP contribution in [0.2, 0.25) is 5.15 Å². The zero-order valence-electron chi connectivity index (χ0n) is 10.2. The highest BCUT2D eigenvalue weighted by Crippen LogP contribution is 2.19. The summed E-state index contributed by atoms with van der Waals surface area (Å²) in [5, 5.41) is 16.3. The van der Waals surface area contributed by atoms with E-state index < -0.39 is 4.92 Å². The molecule has 0 aliphatic heterocycles. The summed E-state index contributed by atoms with van der Waals surface area (Å²) in [5.41, 5.74) is 1.72. The molecule has 0 saturated heterocycles. The molecule has 6 nitrogen and oxygen atoms in total. The summed E-state index contributed by atoms with van der Waals surface area (Å²) in [4.78, 5) is 14.3. The lowest BCUT2D eigenvalue weighted by Gasteiger charge is -2.04. The zero-order valence-corrected chi connectivity index (χ0v) is 11.0. The first-order valence-corrected chi connectivity index (χ1v) is 6.22. The van der Waals surface area contributed by atoms with Gasteiger partial charge in [-0.2, -0.15) is 5.10 Å². The Morgan fingerprint density at radius 3 is 2.95 bits per heavy atom. The summed E-state index contributed by atoms with van der Waals surface area (Å²) in [5.74, 6) is 0. The maximum Gasteiger partial charge on any atom is 0.269 e. The van der Waals surface area contributed by atoms with Crippen molar-refractivity contribution in [3.8, 4) is 0 Å². The average molecular weight is 289 g/mol. The van der Waals surface area contributed by atoms with Crippen molar-refractivity contribution >= 4 is 28.2 Å². The maximum atomic E-state index is 10.8. The number of fused-ring (bicyclic) bond motifs is 1. The SMILES string of the molecule is O=[N+]([O-])c1cccc(Cn2ncc3cnc(Cl)cc32)c1. The first-order valence-electron chi connectivity index (χ1n) is 5.84. The molecule has 0 aliphatic rings. The van der Waals surface area contributed by atoms with Gasteiger partial charge in [0.15, 0.2) is 0 Å². The number of nitrogens with zero attached hydrogens (tertiary/aromatic N) is 4. The molecule has 0 unspecified atom stereocenters. The fraction of sp³-hybridized carbons (Fsp3) is 0.0769. The van der Waals surface area contributed by atoms with Gasteiger partial charge in [0.25, 0.3) is 5.69 Å². The Morgan fingerprint density at radius 1 is 1.30 bits per heavy atom. The summed E-state index contributed by atoms with van der Waals surface area (Å²) in [6, 6.07) is 8.21. The van der Waals surface area contributed by atoms with Crippen molar-refractivity contribution in [3.63, 3.8) is 0 Å². The molecule has 1 aromatic carbocycles. The Labute approximate surface area is 118 Å². The number of nitro groups is 1. The molecule has 0 saturated carbocycles. The summed E-state index contributed by atoms with van der Waals surface area (Å²) < 4.78 is 1.74. The van der Waals surface area contributed by atoms with Crippen molar-refractivity contribution in [2.45, 2.75) is 6.54 Å². The van der Waals surface area contributed by atoms with Crippen molar-refractivity contribution in [1.82, 2.24) is 14.8 Å². The van der Waals surface area contributed by atoms with E-state index >= 15 is 0 Å². The van der Waals surface area contributed by atoms with Gasteiger partial charge >= 0.3 is 0 Å². The van der Waals surface area contributed by atoms with E-state index in [2.05, 4.69) is 10.1 Å². The lowest BCUT2D eigenvalue weighted by atomic mass is 10.2. The van der Waals surface area contributed by atoms with Crippen molar-refractivity contribution in [2.75, 3.05) is 0 Å². The zero-order chi connectivity index (χ0) is 14.1. The normalized spacial score (nSPS) is 10.8. The van der Waals surface area contributed by atoms with Crippen LogP contribution in [0.25, 0.3) is 10.9 Å². The number of halogens is 1. The standard InChI is InChI=1S/C13H9ClN4O2/c14-13-5-12-10(6-15-13)7-16-17(12)8-9-2-1-3-11(4-9)18(19)20/h1-7H,8H2. The van der Waals surface area contributed by atoms with Crippen LogP contribution in [0.1, 0.15) is 5.56 Å². The minimum atomic E-state index is -0.411. The lowest BCUT2D eigenvalue weighted by Crippen LogP contribution is -2.02. The highest BCUT2D eigenvalue weighted by atomic mass is 35.5. The number of benzene rings is 1. The average Bonchev–Trinajstić information content (AvgIpc) is 2.82. The summed E-state index contributed by atoms with van der Waals surface area (Å²) in [6.07, 6.45) is 3.34. The molecule has 0 atom stereocenters. The van der Waals surface area contributed by atoms with Gasteiger partial charge in [-0.25, -0.2) is 4.98 Å². The van der Waals surface area contributed by atoms with Gasteiger partial charge in [-0.15, -0.1) is 0 Å². The predicted molar refractivity (Wildman–Crippen MR) is 74.7 cm³/mol. The first-order chi connectivity index (χ1) is 9.63. The minimum absolute atomic E-state index is 0.0682. The van der Waals surface area contributed by atoms with E-state index in [1.165, 1.54) is 12.1 Å². The molecule has 0 bridgehead atoms. The van der Waals surface area contributed by atoms with Gasteiger partial charge in [0.05, 0.1) is 23.2 Å². The van der Waals surface area contributed by atoms with Crippen LogP contribution < -0.4 is 0 Å². The lowest BCUT2D eigenvalue weighted by molar-refractivity contribution is -0.384. The second kappa shape index (κ2) is 4.90. The minimum Gasteiger partial charge on any atom is -0.260 e. The first kappa shape index (κ1) is 12.6. The molecule has 0 N–H and O–H groups in total. The van der Waals surface area contributed by atoms with Gasteiger partial charge in [-0.3, -0.25) is 14.8 Å². The quantitative estimate of drug-likeness (QED) is 0.422. The Bertz CT molecular complexity index is 800. The molecule has 3 rings (SSSR count). The molecule has 7 heteroatoms. The third-order valence-corrected chi connectivity index (χ3v) is 3.15. The van der Waals surface area contributed by atoms with Crippen LogP contribution in [-0.4, -0.2) is 19.7 Å². The number of hydrogen-bond acceptors (Lipinski definition) is 4. The van der Waals surface area contributed by atoms with Crippen molar-refractivity contribution in [3.05, 3.63) is 63.6 Å². The molecule has 2 aromatic heterocycles. The molecule has 2 heterocycles.